The molecular formula is C20H16F4N4O4. The second kappa shape index (κ2) is 9.04. The average molecular weight is 452 g/mol. The maximum atomic E-state index is 13.7. The zero-order valence-corrected chi connectivity index (χ0v) is 16.7. The number of methoxy groups -OCH3 is 2. The molecule has 1 amide bonds. The van der Waals surface area contributed by atoms with Crippen molar-refractivity contribution in [2.45, 2.75) is 12.7 Å². The van der Waals surface area contributed by atoms with Crippen molar-refractivity contribution in [2.75, 3.05) is 14.2 Å². The predicted octanol–water partition coefficient (Wildman–Crippen LogP) is 3.15. The van der Waals surface area contributed by atoms with Crippen LogP contribution in [0, 0.1) is 5.82 Å². The van der Waals surface area contributed by atoms with E-state index in [9.17, 15) is 27.2 Å². The average Bonchev–Trinajstić information content (AvgIpc) is 3.23. The van der Waals surface area contributed by atoms with E-state index in [4.69, 9.17) is 4.74 Å². The van der Waals surface area contributed by atoms with Gasteiger partial charge in [0.05, 0.1) is 19.9 Å². The molecule has 1 aromatic heterocycles. The Labute approximate surface area is 178 Å². The summed E-state index contributed by atoms with van der Waals surface area (Å²) in [6.45, 7) is -0.215. The van der Waals surface area contributed by atoms with Gasteiger partial charge < -0.3 is 14.8 Å². The molecule has 12 heteroatoms. The molecular weight excluding hydrogens is 436 g/mol. The topological polar surface area (TPSA) is 95.3 Å². The van der Waals surface area contributed by atoms with Crippen molar-refractivity contribution in [3.05, 3.63) is 70.8 Å². The summed E-state index contributed by atoms with van der Waals surface area (Å²) in [7, 11) is 2.53. The minimum atomic E-state index is -4.97. The van der Waals surface area contributed by atoms with Crippen molar-refractivity contribution in [2.24, 2.45) is 0 Å². The van der Waals surface area contributed by atoms with Crippen molar-refractivity contribution < 1.29 is 36.6 Å². The Morgan fingerprint density at radius 2 is 1.78 bits per heavy atom. The van der Waals surface area contributed by atoms with E-state index in [2.05, 4.69) is 20.4 Å². The first-order chi connectivity index (χ1) is 15.2. The van der Waals surface area contributed by atoms with Crippen molar-refractivity contribution >= 4 is 11.9 Å². The lowest BCUT2D eigenvalue weighted by Gasteiger charge is -2.12. The Kier molecular flexibility index (Phi) is 6.42. The summed E-state index contributed by atoms with van der Waals surface area (Å²) in [4.78, 5) is 24.3. The fraction of sp³-hybridized carbons (Fsp3) is 0.200. The molecule has 0 aliphatic rings. The number of benzene rings is 2. The van der Waals surface area contributed by atoms with Crippen LogP contribution in [0.3, 0.4) is 0 Å². The summed E-state index contributed by atoms with van der Waals surface area (Å²) < 4.78 is 64.3. The van der Waals surface area contributed by atoms with Gasteiger partial charge in [0, 0.05) is 6.54 Å². The van der Waals surface area contributed by atoms with E-state index in [-0.39, 0.29) is 23.5 Å². The number of aromatic nitrogens is 3. The Hall–Kier alpha value is -3.96. The number of rotatable bonds is 6. The molecule has 0 radical (unpaired) electrons. The number of carbonyl (C=O) groups excluding carboxylic acids is 2. The van der Waals surface area contributed by atoms with Crippen LogP contribution in [-0.4, -0.2) is 41.1 Å². The van der Waals surface area contributed by atoms with Crippen LogP contribution in [0.4, 0.5) is 17.6 Å². The molecule has 0 bridgehead atoms. The Balaban J connectivity index is 1.87. The third kappa shape index (κ3) is 4.68. The van der Waals surface area contributed by atoms with Gasteiger partial charge in [0.1, 0.15) is 17.1 Å². The van der Waals surface area contributed by atoms with Crippen LogP contribution in [0.25, 0.3) is 5.69 Å². The molecule has 1 N–H and O–H groups in total. The third-order valence-corrected chi connectivity index (χ3v) is 4.35. The number of amides is 1. The molecule has 3 rings (SSSR count). The molecule has 0 atom stereocenters. The van der Waals surface area contributed by atoms with E-state index in [1.165, 1.54) is 32.4 Å². The number of nitrogens with one attached hydrogen (secondary N) is 1. The molecule has 2 aromatic carbocycles. The maximum Gasteiger partial charge on any atom is 0.435 e. The second-order valence-electron chi connectivity index (χ2n) is 6.38. The minimum absolute atomic E-state index is 0.0833. The summed E-state index contributed by atoms with van der Waals surface area (Å²) in [6, 6.07) is 8.43. The smallest absolute Gasteiger partial charge is 0.435 e. The molecule has 0 aliphatic carbocycles. The standard InChI is InChI=1S/C20H16F4N4O4/c1-31-15-8-3-11(9-14(15)19(30)32-2)10-25-18(29)16-17(20(22,23)24)28(27-26-16)13-6-4-12(21)5-7-13/h3-9H,10H2,1-2H3,(H,25,29). The van der Waals surface area contributed by atoms with Crippen LogP contribution in [0.2, 0.25) is 0 Å². The summed E-state index contributed by atoms with van der Waals surface area (Å²) in [5.41, 5.74) is -2.00. The summed E-state index contributed by atoms with van der Waals surface area (Å²) in [6.07, 6.45) is -4.97. The lowest BCUT2D eigenvalue weighted by Crippen LogP contribution is -2.27. The number of halogens is 4. The molecule has 0 unspecified atom stereocenters. The maximum absolute atomic E-state index is 13.7. The number of carbonyl (C=O) groups is 2. The first-order valence-corrected chi connectivity index (χ1v) is 8.98. The Morgan fingerprint density at radius 1 is 1.09 bits per heavy atom. The molecule has 0 saturated carbocycles. The van der Waals surface area contributed by atoms with Gasteiger partial charge in [-0.1, -0.05) is 11.3 Å². The predicted molar refractivity (Wildman–Crippen MR) is 102 cm³/mol. The summed E-state index contributed by atoms with van der Waals surface area (Å²) >= 11 is 0. The van der Waals surface area contributed by atoms with Gasteiger partial charge in [-0.2, -0.15) is 13.2 Å². The van der Waals surface area contributed by atoms with E-state index in [0.717, 1.165) is 24.3 Å². The largest absolute Gasteiger partial charge is 0.496 e. The van der Waals surface area contributed by atoms with E-state index in [1.807, 2.05) is 0 Å². The lowest BCUT2D eigenvalue weighted by atomic mass is 10.1. The molecule has 1 heterocycles. The van der Waals surface area contributed by atoms with Crippen molar-refractivity contribution in [1.29, 1.82) is 0 Å². The first kappa shape index (κ1) is 22.7. The van der Waals surface area contributed by atoms with Crippen LogP contribution in [0.15, 0.2) is 42.5 Å². The van der Waals surface area contributed by atoms with Crippen LogP contribution in [-0.2, 0) is 17.5 Å². The molecule has 8 nitrogen and oxygen atoms in total. The van der Waals surface area contributed by atoms with E-state index >= 15 is 0 Å². The van der Waals surface area contributed by atoms with Gasteiger partial charge in [-0.3, -0.25) is 4.79 Å². The highest BCUT2D eigenvalue weighted by Crippen LogP contribution is 2.32. The Morgan fingerprint density at radius 3 is 2.38 bits per heavy atom. The zero-order chi connectivity index (χ0) is 23.5. The van der Waals surface area contributed by atoms with Crippen molar-refractivity contribution in [3.8, 4) is 11.4 Å². The highest BCUT2D eigenvalue weighted by molar-refractivity contribution is 5.94. The number of nitrogens with zero attached hydrogens (tertiary/aromatic N) is 3. The van der Waals surface area contributed by atoms with E-state index in [0.29, 0.717) is 10.2 Å². The highest BCUT2D eigenvalue weighted by Gasteiger charge is 2.42. The number of esters is 1. The van der Waals surface area contributed by atoms with E-state index < -0.39 is 35.3 Å². The van der Waals surface area contributed by atoms with Gasteiger partial charge in [0.2, 0.25) is 0 Å². The van der Waals surface area contributed by atoms with Crippen LogP contribution < -0.4 is 10.1 Å². The molecule has 0 saturated heterocycles. The first-order valence-electron chi connectivity index (χ1n) is 8.98. The van der Waals surface area contributed by atoms with Crippen LogP contribution >= 0.6 is 0 Å². The minimum Gasteiger partial charge on any atom is -0.496 e. The van der Waals surface area contributed by atoms with Gasteiger partial charge in [-0.15, -0.1) is 5.10 Å². The van der Waals surface area contributed by atoms with Crippen molar-refractivity contribution in [1.82, 2.24) is 20.3 Å². The number of hydrogen-bond acceptors (Lipinski definition) is 6. The molecule has 0 fully saturated rings. The summed E-state index contributed by atoms with van der Waals surface area (Å²) in [5.74, 6) is -2.24. The normalized spacial score (nSPS) is 11.2. The van der Waals surface area contributed by atoms with E-state index in [1.54, 1.807) is 0 Å². The highest BCUT2D eigenvalue weighted by atomic mass is 19.4. The van der Waals surface area contributed by atoms with Gasteiger partial charge in [0.25, 0.3) is 5.91 Å². The molecule has 0 spiro atoms. The quantitative estimate of drug-likeness (QED) is 0.456. The van der Waals surface area contributed by atoms with Gasteiger partial charge in [-0.25, -0.2) is 13.9 Å². The van der Waals surface area contributed by atoms with Gasteiger partial charge in [-0.05, 0) is 42.0 Å². The second-order valence-corrected chi connectivity index (χ2v) is 6.38. The zero-order valence-electron chi connectivity index (χ0n) is 16.7. The number of ether oxygens (including phenoxy) is 2. The third-order valence-electron chi connectivity index (χ3n) is 4.35. The molecule has 3 aromatic rings. The fourth-order valence-electron chi connectivity index (χ4n) is 2.85. The van der Waals surface area contributed by atoms with Gasteiger partial charge in [0.15, 0.2) is 11.4 Å². The molecule has 0 aliphatic heterocycles. The Bertz CT molecular complexity index is 1140. The lowest BCUT2D eigenvalue weighted by molar-refractivity contribution is -0.143. The fourth-order valence-corrected chi connectivity index (χ4v) is 2.85. The monoisotopic (exact) mass is 452 g/mol. The van der Waals surface area contributed by atoms with Crippen molar-refractivity contribution in [3.63, 3.8) is 0 Å². The van der Waals surface area contributed by atoms with Crippen LogP contribution in [0.5, 0.6) is 5.75 Å². The molecule has 168 valence electrons. The SMILES string of the molecule is COC(=O)c1cc(CNC(=O)c2nnn(-c3ccc(F)cc3)c2C(F)(F)F)ccc1OC. The number of hydrogen-bond donors (Lipinski definition) is 1. The summed E-state index contributed by atoms with van der Waals surface area (Å²) in [5, 5.41) is 9.10. The van der Waals surface area contributed by atoms with Gasteiger partial charge >= 0.3 is 12.1 Å². The number of alkyl halides is 3. The van der Waals surface area contributed by atoms with Crippen LogP contribution in [0.1, 0.15) is 32.1 Å². The molecule has 32 heavy (non-hydrogen) atoms.